The van der Waals surface area contributed by atoms with Crippen molar-refractivity contribution >= 4 is 16.0 Å². The van der Waals surface area contributed by atoms with Crippen LogP contribution < -0.4 is 4.72 Å². The Morgan fingerprint density at radius 2 is 2.05 bits per heavy atom. The second-order valence-corrected chi connectivity index (χ2v) is 6.82. The molecule has 112 valence electrons. The minimum absolute atomic E-state index is 0.213. The van der Waals surface area contributed by atoms with E-state index in [2.05, 4.69) is 4.72 Å². The summed E-state index contributed by atoms with van der Waals surface area (Å²) in [7, 11) is -3.68. The van der Waals surface area contributed by atoms with Crippen molar-refractivity contribution in [3.05, 3.63) is 35.4 Å². The standard InChI is InChI=1S/C14H21NO4S/c1-4-11(3)13(14(16)17)15-20(18,19)9-12-7-5-6-10(2)8-12/h5-8,11,13,15H,4,9H2,1-3H3,(H,16,17)/t11-,13-/m0/s1. The highest BCUT2D eigenvalue weighted by molar-refractivity contribution is 7.88. The Balaban J connectivity index is 2.85. The molecule has 1 aromatic rings. The number of carboxylic acids is 1. The third-order valence-electron chi connectivity index (χ3n) is 3.22. The number of rotatable bonds is 7. The molecule has 2 atom stereocenters. The summed E-state index contributed by atoms with van der Waals surface area (Å²) in [6, 6.07) is 6.06. The van der Waals surface area contributed by atoms with Crippen LogP contribution in [0.25, 0.3) is 0 Å². The molecule has 0 aliphatic carbocycles. The highest BCUT2D eigenvalue weighted by atomic mass is 32.2. The number of hydrogen-bond acceptors (Lipinski definition) is 3. The normalized spacial score (nSPS) is 14.8. The van der Waals surface area contributed by atoms with Gasteiger partial charge in [0.25, 0.3) is 0 Å². The third kappa shape index (κ3) is 4.94. The number of benzene rings is 1. The molecular weight excluding hydrogens is 278 g/mol. The van der Waals surface area contributed by atoms with Crippen LogP contribution in [0, 0.1) is 12.8 Å². The van der Waals surface area contributed by atoms with E-state index in [-0.39, 0.29) is 11.7 Å². The first-order chi connectivity index (χ1) is 9.25. The van der Waals surface area contributed by atoms with Crippen LogP contribution in [-0.2, 0) is 20.6 Å². The zero-order valence-corrected chi connectivity index (χ0v) is 12.8. The minimum Gasteiger partial charge on any atom is -0.480 e. The number of carboxylic acid groups (broad SMARTS) is 1. The van der Waals surface area contributed by atoms with Crippen molar-refractivity contribution in [2.24, 2.45) is 5.92 Å². The van der Waals surface area contributed by atoms with Gasteiger partial charge in [0.2, 0.25) is 10.0 Å². The molecule has 1 rings (SSSR count). The average molecular weight is 299 g/mol. The lowest BCUT2D eigenvalue weighted by Crippen LogP contribution is -2.45. The fourth-order valence-corrected chi connectivity index (χ4v) is 3.32. The molecule has 0 aromatic heterocycles. The van der Waals surface area contributed by atoms with Crippen LogP contribution in [0.3, 0.4) is 0 Å². The van der Waals surface area contributed by atoms with Crippen LogP contribution in [0.15, 0.2) is 24.3 Å². The Labute approximate surface area is 120 Å². The molecule has 0 unspecified atom stereocenters. The van der Waals surface area contributed by atoms with Gasteiger partial charge in [-0.3, -0.25) is 4.79 Å². The number of hydrogen-bond donors (Lipinski definition) is 2. The molecule has 0 bridgehead atoms. The largest absolute Gasteiger partial charge is 0.480 e. The SMILES string of the molecule is CC[C@H](C)[C@H](NS(=O)(=O)Cc1cccc(C)c1)C(=O)O. The van der Waals surface area contributed by atoms with E-state index in [0.29, 0.717) is 12.0 Å². The smallest absolute Gasteiger partial charge is 0.322 e. The van der Waals surface area contributed by atoms with Gasteiger partial charge in [0, 0.05) is 0 Å². The van der Waals surface area contributed by atoms with Crippen LogP contribution in [0.5, 0.6) is 0 Å². The van der Waals surface area contributed by atoms with Crippen LogP contribution in [0.1, 0.15) is 31.4 Å². The van der Waals surface area contributed by atoms with Crippen molar-refractivity contribution < 1.29 is 18.3 Å². The molecule has 0 saturated carbocycles. The first-order valence-corrected chi connectivity index (χ1v) is 8.18. The number of aliphatic carboxylic acids is 1. The van der Waals surface area contributed by atoms with Crippen molar-refractivity contribution in [1.29, 1.82) is 0 Å². The Morgan fingerprint density at radius 3 is 2.55 bits per heavy atom. The van der Waals surface area contributed by atoms with E-state index in [1.807, 2.05) is 19.9 Å². The molecule has 0 aliphatic heterocycles. The van der Waals surface area contributed by atoms with E-state index in [0.717, 1.165) is 5.56 Å². The van der Waals surface area contributed by atoms with E-state index in [1.165, 1.54) is 0 Å². The Hall–Kier alpha value is -1.40. The molecule has 0 amide bonds. The summed E-state index contributed by atoms with van der Waals surface area (Å²) in [6.45, 7) is 5.42. The van der Waals surface area contributed by atoms with Gasteiger partial charge in [0.1, 0.15) is 6.04 Å². The fraction of sp³-hybridized carbons (Fsp3) is 0.500. The lowest BCUT2D eigenvalue weighted by molar-refractivity contribution is -0.140. The second-order valence-electron chi connectivity index (χ2n) is 5.07. The molecule has 0 saturated heterocycles. The van der Waals surface area contributed by atoms with Crippen molar-refractivity contribution in [3.8, 4) is 0 Å². The summed E-state index contributed by atoms with van der Waals surface area (Å²) in [4.78, 5) is 11.2. The van der Waals surface area contributed by atoms with Gasteiger partial charge in [0.05, 0.1) is 5.75 Å². The molecule has 2 N–H and O–H groups in total. The molecular formula is C14H21NO4S. The summed E-state index contributed by atoms with van der Waals surface area (Å²) >= 11 is 0. The maximum absolute atomic E-state index is 12.1. The van der Waals surface area contributed by atoms with Gasteiger partial charge in [-0.15, -0.1) is 0 Å². The van der Waals surface area contributed by atoms with E-state index < -0.39 is 22.0 Å². The van der Waals surface area contributed by atoms with Gasteiger partial charge >= 0.3 is 5.97 Å². The predicted octanol–water partition coefficient (Wildman–Crippen LogP) is 1.91. The zero-order chi connectivity index (χ0) is 15.3. The third-order valence-corrected chi connectivity index (χ3v) is 4.55. The first-order valence-electron chi connectivity index (χ1n) is 6.53. The van der Waals surface area contributed by atoms with E-state index >= 15 is 0 Å². The molecule has 0 heterocycles. The summed E-state index contributed by atoms with van der Waals surface area (Å²) in [6.07, 6.45) is 0.587. The zero-order valence-electron chi connectivity index (χ0n) is 12.0. The van der Waals surface area contributed by atoms with Gasteiger partial charge in [0.15, 0.2) is 0 Å². The first kappa shape index (κ1) is 16.7. The number of carbonyl (C=O) groups is 1. The van der Waals surface area contributed by atoms with Gasteiger partial charge in [-0.05, 0) is 18.4 Å². The van der Waals surface area contributed by atoms with Crippen LogP contribution >= 0.6 is 0 Å². The Bertz CT molecular complexity index is 568. The molecule has 20 heavy (non-hydrogen) atoms. The molecule has 0 radical (unpaired) electrons. The number of nitrogens with one attached hydrogen (secondary N) is 1. The molecule has 0 spiro atoms. The molecule has 6 heteroatoms. The second kappa shape index (κ2) is 6.85. The maximum atomic E-state index is 12.1. The average Bonchev–Trinajstić information content (AvgIpc) is 2.34. The quantitative estimate of drug-likeness (QED) is 0.805. The molecule has 0 fully saturated rings. The van der Waals surface area contributed by atoms with Crippen molar-refractivity contribution in [2.45, 2.75) is 39.0 Å². The van der Waals surface area contributed by atoms with Gasteiger partial charge < -0.3 is 5.11 Å². The predicted molar refractivity (Wildman–Crippen MR) is 77.8 cm³/mol. The Kier molecular flexibility index (Phi) is 5.71. The van der Waals surface area contributed by atoms with Gasteiger partial charge in [-0.1, -0.05) is 50.1 Å². The summed E-state index contributed by atoms with van der Waals surface area (Å²) in [5, 5.41) is 9.12. The van der Waals surface area contributed by atoms with E-state index in [1.54, 1.807) is 25.1 Å². The van der Waals surface area contributed by atoms with Crippen molar-refractivity contribution in [3.63, 3.8) is 0 Å². The molecule has 0 aliphatic rings. The molecule has 5 nitrogen and oxygen atoms in total. The van der Waals surface area contributed by atoms with Crippen molar-refractivity contribution in [2.75, 3.05) is 0 Å². The summed E-state index contributed by atoms with van der Waals surface area (Å²) in [5.74, 6) is -1.62. The lowest BCUT2D eigenvalue weighted by atomic mass is 10.0. The van der Waals surface area contributed by atoms with Crippen LogP contribution in [0.2, 0.25) is 0 Å². The highest BCUT2D eigenvalue weighted by Crippen LogP contribution is 2.12. The fourth-order valence-electron chi connectivity index (χ4n) is 1.90. The highest BCUT2D eigenvalue weighted by Gasteiger charge is 2.28. The summed E-state index contributed by atoms with van der Waals surface area (Å²) < 4.78 is 26.4. The van der Waals surface area contributed by atoms with Gasteiger partial charge in [-0.25, -0.2) is 13.1 Å². The topological polar surface area (TPSA) is 83.5 Å². The minimum atomic E-state index is -3.68. The van der Waals surface area contributed by atoms with Gasteiger partial charge in [-0.2, -0.15) is 0 Å². The lowest BCUT2D eigenvalue weighted by Gasteiger charge is -2.20. The van der Waals surface area contributed by atoms with Crippen LogP contribution in [0.4, 0.5) is 0 Å². The monoisotopic (exact) mass is 299 g/mol. The Morgan fingerprint density at radius 1 is 1.40 bits per heavy atom. The molecule has 1 aromatic carbocycles. The van der Waals surface area contributed by atoms with E-state index in [4.69, 9.17) is 5.11 Å². The summed E-state index contributed by atoms with van der Waals surface area (Å²) in [5.41, 5.74) is 1.61. The maximum Gasteiger partial charge on any atom is 0.322 e. The van der Waals surface area contributed by atoms with Crippen LogP contribution in [-0.4, -0.2) is 25.5 Å². The van der Waals surface area contributed by atoms with E-state index in [9.17, 15) is 13.2 Å². The van der Waals surface area contributed by atoms with Crippen molar-refractivity contribution in [1.82, 2.24) is 4.72 Å². The number of aryl methyl sites for hydroxylation is 1. The number of sulfonamides is 1.